The summed E-state index contributed by atoms with van der Waals surface area (Å²) in [4.78, 5) is 14.2. The summed E-state index contributed by atoms with van der Waals surface area (Å²) in [5.74, 6) is 0.376. The van der Waals surface area contributed by atoms with Crippen molar-refractivity contribution in [2.24, 2.45) is 5.92 Å². The number of rotatable bonds is 6. The standard InChI is InChI=1S/C15H24N2O/c1-4-12(5-2)15(18)17(6-3)11-13-9-7-8-10-14(13)16/h7-10,12H,4-6,11,16H2,1-3H3. The smallest absolute Gasteiger partial charge is 0.225 e. The van der Waals surface area contributed by atoms with Crippen LogP contribution in [0.3, 0.4) is 0 Å². The molecule has 0 saturated carbocycles. The molecule has 1 aromatic carbocycles. The highest BCUT2D eigenvalue weighted by atomic mass is 16.2. The summed E-state index contributed by atoms with van der Waals surface area (Å²) in [5, 5.41) is 0. The zero-order valence-corrected chi connectivity index (χ0v) is 11.6. The molecule has 0 fully saturated rings. The number of hydrogen-bond acceptors (Lipinski definition) is 2. The molecule has 0 aliphatic rings. The SMILES string of the molecule is CCC(CC)C(=O)N(CC)Cc1ccccc1N. The van der Waals surface area contributed by atoms with Crippen molar-refractivity contribution in [1.29, 1.82) is 0 Å². The van der Waals surface area contributed by atoms with Crippen LogP contribution in [0.4, 0.5) is 5.69 Å². The van der Waals surface area contributed by atoms with Gasteiger partial charge in [0.15, 0.2) is 0 Å². The maximum absolute atomic E-state index is 12.3. The van der Waals surface area contributed by atoms with Gasteiger partial charge in [-0.15, -0.1) is 0 Å². The number of benzene rings is 1. The van der Waals surface area contributed by atoms with Gasteiger partial charge in [0.25, 0.3) is 0 Å². The fourth-order valence-electron chi connectivity index (χ4n) is 2.13. The predicted molar refractivity (Wildman–Crippen MR) is 76.0 cm³/mol. The van der Waals surface area contributed by atoms with E-state index in [4.69, 9.17) is 5.73 Å². The Labute approximate surface area is 110 Å². The van der Waals surface area contributed by atoms with Crippen molar-refractivity contribution < 1.29 is 4.79 Å². The largest absolute Gasteiger partial charge is 0.398 e. The maximum atomic E-state index is 12.3. The molecule has 0 aromatic heterocycles. The topological polar surface area (TPSA) is 46.3 Å². The number of amides is 1. The Kier molecular flexibility index (Phi) is 5.69. The molecule has 3 nitrogen and oxygen atoms in total. The van der Waals surface area contributed by atoms with Crippen LogP contribution in [-0.4, -0.2) is 17.4 Å². The van der Waals surface area contributed by atoms with Crippen LogP contribution in [-0.2, 0) is 11.3 Å². The second kappa shape index (κ2) is 7.04. The Morgan fingerprint density at radius 2 is 1.83 bits per heavy atom. The quantitative estimate of drug-likeness (QED) is 0.786. The summed E-state index contributed by atoms with van der Waals surface area (Å²) >= 11 is 0. The molecule has 0 heterocycles. The second-order valence-electron chi connectivity index (χ2n) is 4.56. The fourth-order valence-corrected chi connectivity index (χ4v) is 2.13. The Balaban J connectivity index is 2.79. The molecule has 0 spiro atoms. The van der Waals surface area contributed by atoms with Crippen molar-refractivity contribution in [2.75, 3.05) is 12.3 Å². The van der Waals surface area contributed by atoms with E-state index < -0.39 is 0 Å². The third-order valence-electron chi connectivity index (χ3n) is 3.44. The summed E-state index contributed by atoms with van der Waals surface area (Å²) in [6.45, 7) is 7.48. The van der Waals surface area contributed by atoms with Crippen molar-refractivity contribution >= 4 is 11.6 Å². The van der Waals surface area contributed by atoms with E-state index in [-0.39, 0.29) is 11.8 Å². The molecule has 0 unspecified atom stereocenters. The molecule has 0 radical (unpaired) electrons. The molecular weight excluding hydrogens is 224 g/mol. The minimum Gasteiger partial charge on any atom is -0.398 e. The molecule has 18 heavy (non-hydrogen) atoms. The first kappa shape index (κ1) is 14.6. The minimum atomic E-state index is 0.134. The van der Waals surface area contributed by atoms with E-state index in [1.165, 1.54) is 0 Å². The lowest BCUT2D eigenvalue weighted by molar-refractivity contribution is -0.136. The number of carbonyl (C=O) groups is 1. The van der Waals surface area contributed by atoms with E-state index >= 15 is 0 Å². The third-order valence-corrected chi connectivity index (χ3v) is 3.44. The monoisotopic (exact) mass is 248 g/mol. The number of nitrogen functional groups attached to an aromatic ring is 1. The minimum absolute atomic E-state index is 0.134. The molecule has 2 N–H and O–H groups in total. The zero-order chi connectivity index (χ0) is 13.5. The van der Waals surface area contributed by atoms with Gasteiger partial charge in [-0.3, -0.25) is 4.79 Å². The molecule has 0 aliphatic carbocycles. The Morgan fingerprint density at radius 1 is 1.22 bits per heavy atom. The summed E-state index contributed by atoms with van der Waals surface area (Å²) in [7, 11) is 0. The first-order chi connectivity index (χ1) is 8.63. The fraction of sp³-hybridized carbons (Fsp3) is 0.533. The highest BCUT2D eigenvalue weighted by Gasteiger charge is 2.20. The molecule has 0 atom stereocenters. The van der Waals surface area contributed by atoms with Crippen LogP contribution in [0.2, 0.25) is 0 Å². The van der Waals surface area contributed by atoms with Gasteiger partial charge in [-0.25, -0.2) is 0 Å². The van der Waals surface area contributed by atoms with Crippen molar-refractivity contribution in [3.05, 3.63) is 29.8 Å². The molecule has 100 valence electrons. The van der Waals surface area contributed by atoms with E-state index in [1.807, 2.05) is 36.1 Å². The summed E-state index contributed by atoms with van der Waals surface area (Å²) < 4.78 is 0. The number of nitrogens with zero attached hydrogens (tertiary/aromatic N) is 1. The lowest BCUT2D eigenvalue weighted by atomic mass is 10.0. The Hall–Kier alpha value is -1.51. The van der Waals surface area contributed by atoms with E-state index in [2.05, 4.69) is 13.8 Å². The van der Waals surface area contributed by atoms with Gasteiger partial charge < -0.3 is 10.6 Å². The summed E-state index contributed by atoms with van der Waals surface area (Å²) in [6, 6.07) is 7.74. The molecule has 1 amide bonds. The molecule has 1 rings (SSSR count). The van der Waals surface area contributed by atoms with Crippen molar-refractivity contribution in [3.8, 4) is 0 Å². The molecule has 0 aliphatic heterocycles. The van der Waals surface area contributed by atoms with Gasteiger partial charge in [-0.05, 0) is 31.4 Å². The Morgan fingerprint density at radius 3 is 2.33 bits per heavy atom. The number of carbonyl (C=O) groups excluding carboxylic acids is 1. The lowest BCUT2D eigenvalue weighted by Gasteiger charge is -2.25. The van der Waals surface area contributed by atoms with Gasteiger partial charge in [0.05, 0.1) is 0 Å². The van der Waals surface area contributed by atoms with Crippen LogP contribution in [0.5, 0.6) is 0 Å². The summed E-state index contributed by atoms with van der Waals surface area (Å²) in [5.41, 5.74) is 7.71. The third kappa shape index (κ3) is 3.49. The van der Waals surface area contributed by atoms with Crippen molar-refractivity contribution in [1.82, 2.24) is 4.90 Å². The van der Waals surface area contributed by atoms with Gasteiger partial charge in [-0.2, -0.15) is 0 Å². The molecule has 3 heteroatoms. The normalized spacial score (nSPS) is 10.7. The van der Waals surface area contributed by atoms with Crippen molar-refractivity contribution in [2.45, 2.75) is 40.2 Å². The van der Waals surface area contributed by atoms with Crippen LogP contribution >= 0.6 is 0 Å². The van der Waals surface area contributed by atoms with E-state index in [9.17, 15) is 4.79 Å². The number of anilines is 1. The van der Waals surface area contributed by atoms with Gasteiger partial charge in [0, 0.05) is 24.7 Å². The number of hydrogen-bond donors (Lipinski definition) is 1. The number of nitrogens with two attached hydrogens (primary N) is 1. The van der Waals surface area contributed by atoms with Crippen LogP contribution in [0.25, 0.3) is 0 Å². The van der Waals surface area contributed by atoms with E-state index in [0.29, 0.717) is 6.54 Å². The van der Waals surface area contributed by atoms with Gasteiger partial charge >= 0.3 is 0 Å². The lowest BCUT2D eigenvalue weighted by Crippen LogP contribution is -2.35. The van der Waals surface area contributed by atoms with E-state index in [0.717, 1.165) is 30.6 Å². The summed E-state index contributed by atoms with van der Waals surface area (Å²) in [6.07, 6.45) is 1.80. The van der Waals surface area contributed by atoms with Gasteiger partial charge in [0.2, 0.25) is 5.91 Å². The second-order valence-corrected chi connectivity index (χ2v) is 4.56. The average molecular weight is 248 g/mol. The van der Waals surface area contributed by atoms with Crippen LogP contribution in [0.1, 0.15) is 39.2 Å². The highest BCUT2D eigenvalue weighted by molar-refractivity contribution is 5.78. The maximum Gasteiger partial charge on any atom is 0.225 e. The number of para-hydroxylation sites is 1. The highest BCUT2D eigenvalue weighted by Crippen LogP contribution is 2.17. The van der Waals surface area contributed by atoms with Crippen LogP contribution < -0.4 is 5.73 Å². The first-order valence-corrected chi connectivity index (χ1v) is 6.76. The first-order valence-electron chi connectivity index (χ1n) is 6.76. The van der Waals surface area contributed by atoms with Gasteiger partial charge in [-0.1, -0.05) is 32.0 Å². The predicted octanol–water partition coefficient (Wildman–Crippen LogP) is 3.05. The van der Waals surface area contributed by atoms with Crippen LogP contribution in [0, 0.1) is 5.92 Å². The molecule has 0 saturated heterocycles. The van der Waals surface area contributed by atoms with Crippen molar-refractivity contribution in [3.63, 3.8) is 0 Å². The van der Waals surface area contributed by atoms with E-state index in [1.54, 1.807) is 0 Å². The van der Waals surface area contributed by atoms with Gasteiger partial charge in [0.1, 0.15) is 0 Å². The van der Waals surface area contributed by atoms with Crippen LogP contribution in [0.15, 0.2) is 24.3 Å². The molecule has 1 aromatic rings. The molecular formula is C15H24N2O. The Bertz CT molecular complexity index is 386. The molecule has 0 bridgehead atoms. The zero-order valence-electron chi connectivity index (χ0n) is 11.6. The average Bonchev–Trinajstić information content (AvgIpc) is 2.39.